The smallest absolute Gasteiger partial charge is 0.335 e. The summed E-state index contributed by atoms with van der Waals surface area (Å²) in [5, 5.41) is 12.1. The first kappa shape index (κ1) is 20.4. The lowest BCUT2D eigenvalue weighted by molar-refractivity contribution is 0.0696. The van der Waals surface area contributed by atoms with E-state index in [4.69, 9.17) is 19.3 Å². The fraction of sp³-hybridized carbons (Fsp3) is 0.316. The van der Waals surface area contributed by atoms with Gasteiger partial charge in [-0.05, 0) is 35.4 Å². The number of carbonyl (C=O) groups is 1. The largest absolute Gasteiger partial charge is 0.493 e. The number of aromatic carboxylic acids is 1. The SMILES string of the molecule is COc1cc(CNCc2ccc(C(=O)O)cc2)cc(OC)c1OCC(F)F. The van der Waals surface area contributed by atoms with E-state index in [0.29, 0.717) is 24.6 Å². The van der Waals surface area contributed by atoms with Crippen LogP contribution >= 0.6 is 0 Å². The second-order valence-electron chi connectivity index (χ2n) is 5.64. The molecule has 0 saturated carbocycles. The number of hydrogen-bond donors (Lipinski definition) is 2. The molecular formula is C19H21F2NO5. The number of halogens is 2. The van der Waals surface area contributed by atoms with Crippen LogP contribution in [0.25, 0.3) is 0 Å². The van der Waals surface area contributed by atoms with Crippen molar-refractivity contribution in [3.05, 3.63) is 53.1 Å². The number of hydrogen-bond acceptors (Lipinski definition) is 5. The molecule has 0 amide bonds. The molecule has 2 N–H and O–H groups in total. The first-order valence-corrected chi connectivity index (χ1v) is 8.13. The van der Waals surface area contributed by atoms with E-state index in [0.717, 1.165) is 11.1 Å². The number of ether oxygens (including phenoxy) is 3. The molecule has 2 aromatic carbocycles. The lowest BCUT2D eigenvalue weighted by Gasteiger charge is -2.16. The third kappa shape index (κ3) is 5.82. The van der Waals surface area contributed by atoms with Crippen LogP contribution in [0.3, 0.4) is 0 Å². The Balaban J connectivity index is 2.04. The average molecular weight is 381 g/mol. The summed E-state index contributed by atoms with van der Waals surface area (Å²) in [5.74, 6) is -0.230. The zero-order valence-electron chi connectivity index (χ0n) is 15.0. The Labute approximate surface area is 155 Å². The van der Waals surface area contributed by atoms with Gasteiger partial charge in [0.05, 0.1) is 19.8 Å². The van der Waals surface area contributed by atoms with Gasteiger partial charge in [-0.15, -0.1) is 0 Å². The molecular weight excluding hydrogens is 360 g/mol. The summed E-state index contributed by atoms with van der Waals surface area (Å²) in [5.41, 5.74) is 1.97. The lowest BCUT2D eigenvalue weighted by atomic mass is 10.1. The van der Waals surface area contributed by atoms with E-state index < -0.39 is 19.0 Å². The van der Waals surface area contributed by atoms with Crippen molar-refractivity contribution < 1.29 is 32.9 Å². The van der Waals surface area contributed by atoms with Crippen molar-refractivity contribution in [2.45, 2.75) is 19.5 Å². The van der Waals surface area contributed by atoms with Crippen molar-refractivity contribution >= 4 is 5.97 Å². The summed E-state index contributed by atoms with van der Waals surface area (Å²) < 4.78 is 40.4. The second-order valence-corrected chi connectivity index (χ2v) is 5.64. The quantitative estimate of drug-likeness (QED) is 0.657. The first-order valence-electron chi connectivity index (χ1n) is 8.13. The van der Waals surface area contributed by atoms with Gasteiger partial charge < -0.3 is 24.6 Å². The number of methoxy groups -OCH3 is 2. The summed E-state index contributed by atoms with van der Waals surface area (Å²) in [6, 6.07) is 9.92. The van der Waals surface area contributed by atoms with Crippen molar-refractivity contribution in [1.82, 2.24) is 5.32 Å². The van der Waals surface area contributed by atoms with Crippen LogP contribution in [0.4, 0.5) is 8.78 Å². The van der Waals surface area contributed by atoms with Gasteiger partial charge in [0, 0.05) is 13.1 Å². The Kier molecular flexibility index (Phi) is 7.36. The van der Waals surface area contributed by atoms with E-state index >= 15 is 0 Å². The zero-order valence-corrected chi connectivity index (χ0v) is 15.0. The van der Waals surface area contributed by atoms with Crippen LogP contribution in [-0.2, 0) is 13.1 Å². The Morgan fingerprint density at radius 3 is 2.07 bits per heavy atom. The maximum Gasteiger partial charge on any atom is 0.335 e. The van der Waals surface area contributed by atoms with Crippen LogP contribution in [0.2, 0.25) is 0 Å². The Hall–Kier alpha value is -2.87. The number of carboxylic acid groups (broad SMARTS) is 1. The summed E-state index contributed by atoms with van der Waals surface area (Å²) in [7, 11) is 2.84. The number of alkyl halides is 2. The third-order valence-corrected chi connectivity index (χ3v) is 3.73. The van der Waals surface area contributed by atoms with Gasteiger partial charge in [0.2, 0.25) is 5.75 Å². The van der Waals surface area contributed by atoms with E-state index in [1.165, 1.54) is 14.2 Å². The van der Waals surface area contributed by atoms with Gasteiger partial charge >= 0.3 is 5.97 Å². The summed E-state index contributed by atoms with van der Waals surface area (Å²) >= 11 is 0. The zero-order chi connectivity index (χ0) is 19.8. The van der Waals surface area contributed by atoms with Crippen molar-refractivity contribution in [2.24, 2.45) is 0 Å². The van der Waals surface area contributed by atoms with Gasteiger partial charge in [0.25, 0.3) is 6.43 Å². The highest BCUT2D eigenvalue weighted by molar-refractivity contribution is 5.87. The molecule has 0 radical (unpaired) electrons. The van der Waals surface area contributed by atoms with Crippen LogP contribution in [-0.4, -0.2) is 38.3 Å². The molecule has 0 aliphatic rings. The monoisotopic (exact) mass is 381 g/mol. The van der Waals surface area contributed by atoms with E-state index in [2.05, 4.69) is 5.32 Å². The van der Waals surface area contributed by atoms with E-state index in [1.54, 1.807) is 36.4 Å². The van der Waals surface area contributed by atoms with E-state index in [1.807, 2.05) is 0 Å². The van der Waals surface area contributed by atoms with Crippen LogP contribution in [0.5, 0.6) is 17.2 Å². The number of nitrogens with one attached hydrogen (secondary N) is 1. The minimum Gasteiger partial charge on any atom is -0.493 e. The van der Waals surface area contributed by atoms with E-state index in [-0.39, 0.29) is 11.3 Å². The molecule has 0 saturated heterocycles. The molecule has 8 heteroatoms. The van der Waals surface area contributed by atoms with Crippen LogP contribution in [0.1, 0.15) is 21.5 Å². The molecule has 0 atom stereocenters. The molecule has 0 fully saturated rings. The second kappa shape index (κ2) is 9.72. The maximum atomic E-state index is 12.4. The highest BCUT2D eigenvalue weighted by Crippen LogP contribution is 2.38. The molecule has 0 unspecified atom stereocenters. The minimum absolute atomic E-state index is 0.133. The molecule has 0 aliphatic carbocycles. The van der Waals surface area contributed by atoms with Crippen LogP contribution in [0, 0.1) is 0 Å². The molecule has 2 rings (SSSR count). The van der Waals surface area contributed by atoms with Crippen LogP contribution in [0.15, 0.2) is 36.4 Å². The van der Waals surface area contributed by atoms with Crippen molar-refractivity contribution in [1.29, 1.82) is 0 Å². The predicted octanol–water partition coefficient (Wildman–Crippen LogP) is 3.34. The highest BCUT2D eigenvalue weighted by atomic mass is 19.3. The Bertz CT molecular complexity index is 740. The molecule has 0 aliphatic heterocycles. The molecule has 0 aromatic heterocycles. The van der Waals surface area contributed by atoms with Gasteiger partial charge in [0.15, 0.2) is 11.5 Å². The Morgan fingerprint density at radius 1 is 1.04 bits per heavy atom. The molecule has 27 heavy (non-hydrogen) atoms. The van der Waals surface area contributed by atoms with Crippen molar-refractivity contribution in [3.63, 3.8) is 0 Å². The summed E-state index contributed by atoms with van der Waals surface area (Å²) in [6.45, 7) is 0.230. The summed E-state index contributed by atoms with van der Waals surface area (Å²) in [4.78, 5) is 10.9. The van der Waals surface area contributed by atoms with Crippen molar-refractivity contribution in [3.8, 4) is 17.2 Å². The molecule has 146 valence electrons. The third-order valence-electron chi connectivity index (χ3n) is 3.73. The molecule has 0 bridgehead atoms. The maximum absolute atomic E-state index is 12.4. The first-order chi connectivity index (χ1) is 12.9. The van der Waals surface area contributed by atoms with Crippen molar-refractivity contribution in [2.75, 3.05) is 20.8 Å². The molecule has 6 nitrogen and oxygen atoms in total. The minimum atomic E-state index is -2.60. The predicted molar refractivity (Wildman–Crippen MR) is 95.0 cm³/mol. The number of rotatable bonds is 10. The molecule has 2 aromatic rings. The summed E-state index contributed by atoms with van der Waals surface area (Å²) in [6.07, 6.45) is -2.60. The lowest BCUT2D eigenvalue weighted by Crippen LogP contribution is -2.14. The average Bonchev–Trinajstić information content (AvgIpc) is 2.66. The van der Waals surface area contributed by atoms with Gasteiger partial charge in [-0.25, -0.2) is 13.6 Å². The van der Waals surface area contributed by atoms with Gasteiger partial charge in [-0.2, -0.15) is 0 Å². The van der Waals surface area contributed by atoms with Gasteiger partial charge in [-0.1, -0.05) is 12.1 Å². The molecule has 0 heterocycles. The standard InChI is InChI=1S/C19H21F2NO5/c1-25-15-7-13(8-16(26-2)18(15)27-11-17(20)21)10-22-9-12-3-5-14(6-4-12)19(23)24/h3-8,17,22H,9-11H2,1-2H3,(H,23,24). The number of carboxylic acids is 1. The topological polar surface area (TPSA) is 77.0 Å². The Morgan fingerprint density at radius 2 is 1.59 bits per heavy atom. The van der Waals surface area contributed by atoms with Gasteiger partial charge in [0.1, 0.15) is 6.61 Å². The van der Waals surface area contributed by atoms with Gasteiger partial charge in [-0.3, -0.25) is 0 Å². The highest BCUT2D eigenvalue weighted by Gasteiger charge is 2.16. The normalized spacial score (nSPS) is 10.7. The van der Waals surface area contributed by atoms with E-state index in [9.17, 15) is 13.6 Å². The number of benzene rings is 2. The molecule has 0 spiro atoms. The fourth-order valence-corrected chi connectivity index (χ4v) is 2.44. The fourth-order valence-electron chi connectivity index (χ4n) is 2.44. The van der Waals surface area contributed by atoms with Crippen LogP contribution < -0.4 is 19.5 Å².